The summed E-state index contributed by atoms with van der Waals surface area (Å²) in [7, 11) is 1.69. The SMILES string of the molecule is CC(c1ccccc1)N(C)C(=O)c1cccc([N+](=O)[O-])c1. The van der Waals surface area contributed by atoms with E-state index in [-0.39, 0.29) is 17.6 Å². The Morgan fingerprint density at radius 3 is 2.43 bits per heavy atom. The minimum Gasteiger partial charge on any atom is -0.335 e. The summed E-state index contributed by atoms with van der Waals surface area (Å²) in [6.07, 6.45) is 0. The topological polar surface area (TPSA) is 63.5 Å². The fourth-order valence-corrected chi connectivity index (χ4v) is 2.09. The smallest absolute Gasteiger partial charge is 0.270 e. The van der Waals surface area contributed by atoms with Crippen LogP contribution in [0.5, 0.6) is 0 Å². The van der Waals surface area contributed by atoms with Gasteiger partial charge in [-0.15, -0.1) is 0 Å². The lowest BCUT2D eigenvalue weighted by molar-refractivity contribution is -0.384. The molecule has 0 radical (unpaired) electrons. The number of hydrogen-bond acceptors (Lipinski definition) is 3. The van der Waals surface area contributed by atoms with E-state index in [1.807, 2.05) is 37.3 Å². The van der Waals surface area contributed by atoms with Gasteiger partial charge in [0.2, 0.25) is 0 Å². The van der Waals surface area contributed by atoms with E-state index in [2.05, 4.69) is 0 Å². The van der Waals surface area contributed by atoms with Crippen molar-refractivity contribution in [1.29, 1.82) is 0 Å². The third kappa shape index (κ3) is 3.25. The van der Waals surface area contributed by atoms with Gasteiger partial charge < -0.3 is 4.90 Å². The van der Waals surface area contributed by atoms with Crippen LogP contribution in [0.3, 0.4) is 0 Å². The Labute approximate surface area is 123 Å². The normalized spacial score (nSPS) is 11.7. The number of amides is 1. The molecule has 5 heteroatoms. The van der Waals surface area contributed by atoms with Gasteiger partial charge in [-0.25, -0.2) is 0 Å². The summed E-state index contributed by atoms with van der Waals surface area (Å²) < 4.78 is 0. The Kier molecular flexibility index (Phi) is 4.33. The third-order valence-electron chi connectivity index (χ3n) is 3.49. The molecule has 21 heavy (non-hydrogen) atoms. The first-order valence-corrected chi connectivity index (χ1v) is 6.57. The van der Waals surface area contributed by atoms with E-state index in [9.17, 15) is 14.9 Å². The summed E-state index contributed by atoms with van der Waals surface area (Å²) in [6.45, 7) is 1.92. The van der Waals surface area contributed by atoms with Crippen LogP contribution in [-0.2, 0) is 0 Å². The lowest BCUT2D eigenvalue weighted by Crippen LogP contribution is -2.29. The van der Waals surface area contributed by atoms with Gasteiger partial charge >= 0.3 is 0 Å². The molecule has 0 fully saturated rings. The fourth-order valence-electron chi connectivity index (χ4n) is 2.09. The molecule has 0 saturated carbocycles. The lowest BCUT2D eigenvalue weighted by atomic mass is 10.1. The van der Waals surface area contributed by atoms with Crippen molar-refractivity contribution in [2.75, 3.05) is 7.05 Å². The zero-order chi connectivity index (χ0) is 15.4. The Morgan fingerprint density at radius 1 is 1.14 bits per heavy atom. The number of carbonyl (C=O) groups excluding carboxylic acids is 1. The quantitative estimate of drug-likeness (QED) is 0.638. The zero-order valence-corrected chi connectivity index (χ0v) is 11.9. The van der Waals surface area contributed by atoms with Gasteiger partial charge in [0.25, 0.3) is 11.6 Å². The first kappa shape index (κ1) is 14.7. The second kappa shape index (κ2) is 6.17. The molecule has 0 aromatic heterocycles. The van der Waals surface area contributed by atoms with Gasteiger partial charge in [-0.05, 0) is 18.6 Å². The Hall–Kier alpha value is -2.69. The maximum atomic E-state index is 12.4. The number of nitro groups is 1. The second-order valence-corrected chi connectivity index (χ2v) is 4.81. The molecule has 2 aromatic rings. The Bertz CT molecular complexity index is 656. The summed E-state index contributed by atoms with van der Waals surface area (Å²) in [4.78, 5) is 24.3. The van der Waals surface area contributed by atoms with Crippen molar-refractivity contribution in [3.63, 3.8) is 0 Å². The molecular formula is C16H16N2O3. The van der Waals surface area contributed by atoms with Crippen LogP contribution >= 0.6 is 0 Å². The predicted molar refractivity (Wildman–Crippen MR) is 80.0 cm³/mol. The molecule has 0 N–H and O–H groups in total. The number of benzene rings is 2. The number of hydrogen-bond donors (Lipinski definition) is 0. The summed E-state index contributed by atoms with van der Waals surface area (Å²) in [5.74, 6) is -0.241. The molecule has 1 unspecified atom stereocenters. The summed E-state index contributed by atoms with van der Waals surface area (Å²) in [6, 6.07) is 15.3. The first-order chi connectivity index (χ1) is 10.0. The number of rotatable bonds is 4. The van der Waals surface area contributed by atoms with Crippen LogP contribution in [-0.4, -0.2) is 22.8 Å². The van der Waals surface area contributed by atoms with Gasteiger partial charge in [0.05, 0.1) is 11.0 Å². The highest BCUT2D eigenvalue weighted by atomic mass is 16.6. The van der Waals surface area contributed by atoms with Crippen LogP contribution in [0.25, 0.3) is 0 Å². The van der Waals surface area contributed by atoms with E-state index >= 15 is 0 Å². The molecule has 0 aliphatic heterocycles. The van der Waals surface area contributed by atoms with E-state index < -0.39 is 4.92 Å². The van der Waals surface area contributed by atoms with Crippen LogP contribution in [0.2, 0.25) is 0 Å². The van der Waals surface area contributed by atoms with Crippen molar-refractivity contribution in [3.05, 3.63) is 75.8 Å². The van der Waals surface area contributed by atoms with E-state index in [4.69, 9.17) is 0 Å². The Balaban J connectivity index is 2.23. The molecule has 108 valence electrons. The molecule has 0 saturated heterocycles. The molecule has 2 rings (SSSR count). The standard InChI is InChI=1S/C16H16N2O3/c1-12(13-7-4-3-5-8-13)17(2)16(19)14-9-6-10-15(11-14)18(20)21/h3-12H,1-2H3. The largest absolute Gasteiger partial charge is 0.335 e. The number of carbonyl (C=O) groups is 1. The van der Waals surface area contributed by atoms with Crippen molar-refractivity contribution in [1.82, 2.24) is 4.90 Å². The van der Waals surface area contributed by atoms with Gasteiger partial charge in [0.1, 0.15) is 0 Å². The van der Waals surface area contributed by atoms with Crippen LogP contribution in [0.1, 0.15) is 28.9 Å². The number of non-ortho nitro benzene ring substituents is 1. The molecular weight excluding hydrogens is 268 g/mol. The average Bonchev–Trinajstić information content (AvgIpc) is 2.53. The van der Waals surface area contributed by atoms with Crippen LogP contribution in [0.15, 0.2) is 54.6 Å². The summed E-state index contributed by atoms with van der Waals surface area (Å²) >= 11 is 0. The van der Waals surface area contributed by atoms with Crippen molar-refractivity contribution >= 4 is 11.6 Å². The molecule has 0 heterocycles. The summed E-state index contributed by atoms with van der Waals surface area (Å²) in [5, 5.41) is 10.8. The minimum absolute atomic E-state index is 0.0818. The second-order valence-electron chi connectivity index (χ2n) is 4.81. The molecule has 0 spiro atoms. The van der Waals surface area contributed by atoms with Gasteiger partial charge in [-0.1, -0.05) is 36.4 Å². The minimum atomic E-state index is -0.503. The number of nitro benzene ring substituents is 1. The van der Waals surface area contributed by atoms with E-state index in [0.29, 0.717) is 5.56 Å². The Morgan fingerprint density at radius 2 is 1.81 bits per heavy atom. The summed E-state index contributed by atoms with van der Waals surface area (Å²) in [5.41, 5.74) is 1.25. The molecule has 1 amide bonds. The highest BCUT2D eigenvalue weighted by molar-refractivity contribution is 5.94. The molecule has 2 aromatic carbocycles. The highest BCUT2D eigenvalue weighted by Gasteiger charge is 2.20. The van der Waals surface area contributed by atoms with E-state index in [0.717, 1.165) is 5.56 Å². The maximum Gasteiger partial charge on any atom is 0.270 e. The van der Waals surface area contributed by atoms with Crippen LogP contribution in [0, 0.1) is 10.1 Å². The van der Waals surface area contributed by atoms with E-state index in [1.165, 1.54) is 18.2 Å². The highest BCUT2D eigenvalue weighted by Crippen LogP contribution is 2.21. The van der Waals surface area contributed by atoms with Gasteiger partial charge in [0.15, 0.2) is 0 Å². The molecule has 5 nitrogen and oxygen atoms in total. The van der Waals surface area contributed by atoms with Gasteiger partial charge in [-0.2, -0.15) is 0 Å². The lowest BCUT2D eigenvalue weighted by Gasteiger charge is -2.25. The molecule has 0 bridgehead atoms. The third-order valence-corrected chi connectivity index (χ3v) is 3.49. The fraction of sp³-hybridized carbons (Fsp3) is 0.188. The average molecular weight is 284 g/mol. The monoisotopic (exact) mass is 284 g/mol. The molecule has 1 atom stereocenters. The first-order valence-electron chi connectivity index (χ1n) is 6.57. The number of nitrogens with zero attached hydrogens (tertiary/aromatic N) is 2. The van der Waals surface area contributed by atoms with Crippen molar-refractivity contribution < 1.29 is 9.72 Å². The molecule has 0 aliphatic carbocycles. The molecule has 0 aliphatic rings. The predicted octanol–water partition coefficient (Wildman–Crippen LogP) is 3.43. The van der Waals surface area contributed by atoms with Crippen molar-refractivity contribution in [2.45, 2.75) is 13.0 Å². The maximum absolute atomic E-state index is 12.4. The van der Waals surface area contributed by atoms with Crippen molar-refractivity contribution in [2.24, 2.45) is 0 Å². The van der Waals surface area contributed by atoms with Crippen LogP contribution in [0.4, 0.5) is 5.69 Å². The van der Waals surface area contributed by atoms with E-state index in [1.54, 1.807) is 18.0 Å². The van der Waals surface area contributed by atoms with Crippen molar-refractivity contribution in [3.8, 4) is 0 Å². The van der Waals surface area contributed by atoms with Crippen LogP contribution < -0.4 is 0 Å². The zero-order valence-electron chi connectivity index (χ0n) is 11.9. The van der Waals surface area contributed by atoms with Gasteiger partial charge in [-0.3, -0.25) is 14.9 Å². The van der Waals surface area contributed by atoms with Gasteiger partial charge in [0, 0.05) is 24.7 Å².